The molecule has 0 atom stereocenters. The van der Waals surface area contributed by atoms with Gasteiger partial charge in [0.15, 0.2) is 5.78 Å². The molecule has 1 nitrogen and oxygen atoms in total. The highest BCUT2D eigenvalue weighted by Crippen LogP contribution is 2.32. The number of fused-ring (bicyclic) bond motifs is 1. The second kappa shape index (κ2) is 4.65. The maximum absolute atomic E-state index is 11.8. The third-order valence-corrected chi connectivity index (χ3v) is 3.97. The molecule has 0 saturated carbocycles. The van der Waals surface area contributed by atoms with Crippen LogP contribution in [-0.4, -0.2) is 5.78 Å². The summed E-state index contributed by atoms with van der Waals surface area (Å²) in [4.78, 5) is 11.8. The van der Waals surface area contributed by atoms with E-state index in [2.05, 4.69) is 44.2 Å². The molecule has 96 valence electrons. The van der Waals surface area contributed by atoms with Crippen molar-refractivity contribution >= 4 is 5.78 Å². The van der Waals surface area contributed by atoms with Crippen LogP contribution in [0.25, 0.3) is 11.1 Å². The molecule has 2 aromatic carbocycles. The Bertz CT molecular complexity index is 621. The number of carbonyl (C=O) groups is 1. The third-order valence-electron chi connectivity index (χ3n) is 3.97. The van der Waals surface area contributed by atoms with Crippen LogP contribution in [0.15, 0.2) is 42.5 Å². The number of benzene rings is 2. The normalized spacial score (nSPS) is 13.9. The van der Waals surface area contributed by atoms with E-state index in [9.17, 15) is 4.79 Å². The molecule has 2 aromatic rings. The third kappa shape index (κ3) is 2.10. The Morgan fingerprint density at radius 3 is 2.26 bits per heavy atom. The van der Waals surface area contributed by atoms with Gasteiger partial charge in [0.1, 0.15) is 0 Å². The van der Waals surface area contributed by atoms with Gasteiger partial charge in [0.2, 0.25) is 0 Å². The monoisotopic (exact) mass is 250 g/mol. The molecule has 0 heterocycles. The van der Waals surface area contributed by atoms with Gasteiger partial charge in [-0.3, -0.25) is 4.79 Å². The van der Waals surface area contributed by atoms with Crippen LogP contribution >= 0.6 is 0 Å². The number of Topliss-reactive ketones (excluding diaryl/α,β-unsaturated/α-hetero) is 1. The lowest BCUT2D eigenvalue weighted by Gasteiger charge is -2.10. The first-order valence-corrected chi connectivity index (χ1v) is 6.92. The summed E-state index contributed by atoms with van der Waals surface area (Å²) in [5, 5.41) is 0. The molecule has 0 fully saturated rings. The summed E-state index contributed by atoms with van der Waals surface area (Å²) in [6, 6.07) is 14.8. The molecule has 1 aliphatic rings. The Labute approximate surface area is 114 Å². The smallest absolute Gasteiger partial charge is 0.163 e. The van der Waals surface area contributed by atoms with Gasteiger partial charge < -0.3 is 0 Å². The largest absolute Gasteiger partial charge is 0.294 e. The second-order valence-electron chi connectivity index (χ2n) is 5.53. The van der Waals surface area contributed by atoms with E-state index < -0.39 is 0 Å². The number of hydrogen-bond donors (Lipinski definition) is 0. The molecule has 19 heavy (non-hydrogen) atoms. The highest BCUT2D eigenvalue weighted by atomic mass is 16.1. The zero-order valence-corrected chi connectivity index (χ0v) is 11.4. The van der Waals surface area contributed by atoms with Gasteiger partial charge in [-0.25, -0.2) is 0 Å². The number of hydrogen-bond acceptors (Lipinski definition) is 1. The van der Waals surface area contributed by atoms with Gasteiger partial charge >= 0.3 is 0 Å². The maximum atomic E-state index is 11.8. The van der Waals surface area contributed by atoms with Gasteiger partial charge in [-0.2, -0.15) is 0 Å². The van der Waals surface area contributed by atoms with E-state index in [1.165, 1.54) is 22.3 Å². The fourth-order valence-electron chi connectivity index (χ4n) is 2.81. The van der Waals surface area contributed by atoms with Crippen LogP contribution in [0.4, 0.5) is 0 Å². The van der Waals surface area contributed by atoms with Gasteiger partial charge in [-0.1, -0.05) is 56.3 Å². The van der Waals surface area contributed by atoms with Gasteiger partial charge in [-0.15, -0.1) is 0 Å². The van der Waals surface area contributed by atoms with E-state index in [4.69, 9.17) is 0 Å². The molecule has 0 amide bonds. The van der Waals surface area contributed by atoms with Crippen molar-refractivity contribution in [2.75, 3.05) is 0 Å². The van der Waals surface area contributed by atoms with Gasteiger partial charge in [0.05, 0.1) is 0 Å². The minimum absolute atomic E-state index is 0.288. The molecular formula is C18H18O. The predicted octanol–water partition coefficient (Wildman–Crippen LogP) is 4.61. The van der Waals surface area contributed by atoms with Crippen LogP contribution in [0.3, 0.4) is 0 Å². The number of rotatable bonds is 2. The van der Waals surface area contributed by atoms with E-state index >= 15 is 0 Å². The zero-order valence-electron chi connectivity index (χ0n) is 11.4. The molecule has 0 radical (unpaired) electrons. The first kappa shape index (κ1) is 12.2. The van der Waals surface area contributed by atoms with Crippen molar-refractivity contribution in [3.63, 3.8) is 0 Å². The molecule has 0 N–H and O–H groups in total. The maximum Gasteiger partial charge on any atom is 0.163 e. The zero-order chi connectivity index (χ0) is 13.4. The van der Waals surface area contributed by atoms with Crippen LogP contribution in [0.1, 0.15) is 47.7 Å². The van der Waals surface area contributed by atoms with Crippen LogP contribution in [0.5, 0.6) is 0 Å². The summed E-state index contributed by atoms with van der Waals surface area (Å²) in [6.45, 7) is 4.40. The summed E-state index contributed by atoms with van der Waals surface area (Å²) in [6.07, 6.45) is 1.55. The SMILES string of the molecule is CC(C)c1ccc(-c2cccc3c2CCC3=O)cc1. The van der Waals surface area contributed by atoms with Gasteiger partial charge in [0, 0.05) is 12.0 Å². The van der Waals surface area contributed by atoms with Gasteiger partial charge in [-0.05, 0) is 34.6 Å². The molecule has 0 saturated heterocycles. The average Bonchev–Trinajstić information content (AvgIpc) is 2.81. The average molecular weight is 250 g/mol. The van der Waals surface area contributed by atoms with Gasteiger partial charge in [0.25, 0.3) is 0 Å². The lowest BCUT2D eigenvalue weighted by Crippen LogP contribution is -1.93. The van der Waals surface area contributed by atoms with Crippen molar-refractivity contribution in [1.82, 2.24) is 0 Å². The molecule has 0 bridgehead atoms. The second-order valence-corrected chi connectivity index (χ2v) is 5.53. The Kier molecular flexibility index (Phi) is 2.98. The molecular weight excluding hydrogens is 232 g/mol. The molecule has 1 aliphatic carbocycles. The topological polar surface area (TPSA) is 17.1 Å². The summed E-state index contributed by atoms with van der Waals surface area (Å²) >= 11 is 0. The lowest BCUT2D eigenvalue weighted by molar-refractivity contribution is 0.0994. The molecule has 3 rings (SSSR count). The van der Waals surface area contributed by atoms with Crippen molar-refractivity contribution in [2.45, 2.75) is 32.6 Å². The standard InChI is InChI=1S/C18H18O/c1-12(2)13-6-8-14(9-7-13)15-4-3-5-17-16(15)10-11-18(17)19/h3-9,12H,10-11H2,1-2H3. The van der Waals surface area contributed by atoms with E-state index in [1.807, 2.05) is 12.1 Å². The van der Waals surface area contributed by atoms with E-state index in [-0.39, 0.29) is 5.78 Å². The number of ketones is 1. The predicted molar refractivity (Wildman–Crippen MR) is 78.6 cm³/mol. The van der Waals surface area contributed by atoms with Crippen molar-refractivity contribution in [3.05, 3.63) is 59.2 Å². The molecule has 0 aromatic heterocycles. The molecule has 1 heteroatoms. The van der Waals surface area contributed by atoms with Crippen molar-refractivity contribution < 1.29 is 4.79 Å². The fourth-order valence-corrected chi connectivity index (χ4v) is 2.81. The highest BCUT2D eigenvalue weighted by molar-refractivity contribution is 6.02. The first-order valence-electron chi connectivity index (χ1n) is 6.92. The van der Waals surface area contributed by atoms with E-state index in [0.717, 1.165) is 12.0 Å². The summed E-state index contributed by atoms with van der Waals surface area (Å²) in [5.41, 5.74) is 5.94. The highest BCUT2D eigenvalue weighted by Gasteiger charge is 2.22. The van der Waals surface area contributed by atoms with Crippen LogP contribution < -0.4 is 0 Å². The van der Waals surface area contributed by atoms with Crippen molar-refractivity contribution in [3.8, 4) is 11.1 Å². The molecule has 0 unspecified atom stereocenters. The van der Waals surface area contributed by atoms with Crippen LogP contribution in [0, 0.1) is 0 Å². The summed E-state index contributed by atoms with van der Waals surface area (Å²) < 4.78 is 0. The summed E-state index contributed by atoms with van der Waals surface area (Å²) in [5.74, 6) is 0.841. The van der Waals surface area contributed by atoms with Crippen LogP contribution in [0.2, 0.25) is 0 Å². The minimum Gasteiger partial charge on any atom is -0.294 e. The molecule has 0 spiro atoms. The van der Waals surface area contributed by atoms with Crippen molar-refractivity contribution in [1.29, 1.82) is 0 Å². The first-order chi connectivity index (χ1) is 9.16. The Morgan fingerprint density at radius 1 is 0.895 bits per heavy atom. The lowest BCUT2D eigenvalue weighted by atomic mass is 9.94. The van der Waals surface area contributed by atoms with E-state index in [1.54, 1.807) is 0 Å². The molecule has 0 aliphatic heterocycles. The van der Waals surface area contributed by atoms with Crippen LogP contribution in [-0.2, 0) is 6.42 Å². The van der Waals surface area contributed by atoms with E-state index in [0.29, 0.717) is 12.3 Å². The number of carbonyl (C=O) groups excluding carboxylic acids is 1. The quantitative estimate of drug-likeness (QED) is 0.761. The van der Waals surface area contributed by atoms with Crippen molar-refractivity contribution in [2.24, 2.45) is 0 Å². The Morgan fingerprint density at radius 2 is 1.58 bits per heavy atom. The Balaban J connectivity index is 2.06. The minimum atomic E-state index is 0.288. The Hall–Kier alpha value is -1.89. The fraction of sp³-hybridized carbons (Fsp3) is 0.278. The summed E-state index contributed by atoms with van der Waals surface area (Å²) in [7, 11) is 0.